The quantitative estimate of drug-likeness (QED) is 0.820. The van der Waals surface area contributed by atoms with E-state index in [1.54, 1.807) is 31.3 Å². The Morgan fingerprint density at radius 3 is 2.67 bits per heavy atom. The summed E-state index contributed by atoms with van der Waals surface area (Å²) in [6, 6.07) is 9.22. The zero-order chi connectivity index (χ0) is 15.5. The number of nitrogens with zero attached hydrogens (tertiary/aromatic N) is 1. The summed E-state index contributed by atoms with van der Waals surface area (Å²) >= 11 is 0. The fourth-order valence-corrected chi connectivity index (χ4v) is 3.08. The second-order valence-corrected chi connectivity index (χ2v) is 6.22. The maximum Gasteiger partial charge on any atom is 0.241 e. The van der Waals surface area contributed by atoms with Gasteiger partial charge in [-0.15, -0.1) is 0 Å². The van der Waals surface area contributed by atoms with Crippen LogP contribution in [0.5, 0.6) is 5.75 Å². The van der Waals surface area contributed by atoms with Crippen molar-refractivity contribution in [1.82, 2.24) is 9.71 Å². The van der Waals surface area contributed by atoms with Crippen LogP contribution in [0.4, 0.5) is 5.69 Å². The number of pyridine rings is 1. The Morgan fingerprint density at radius 1 is 1.29 bits per heavy atom. The lowest BCUT2D eigenvalue weighted by Gasteiger charge is -2.14. The lowest BCUT2D eigenvalue weighted by molar-refractivity contribution is 0.415. The molecule has 1 unspecified atom stereocenters. The number of nitrogens with one attached hydrogen (secondary N) is 1. The SMILES string of the molecule is COc1cc(S(=O)(=O)NC(C)c2ccccn2)ccc1N. The third kappa shape index (κ3) is 3.50. The summed E-state index contributed by atoms with van der Waals surface area (Å²) < 4.78 is 32.3. The van der Waals surface area contributed by atoms with Crippen LogP contribution in [-0.4, -0.2) is 20.5 Å². The molecular weight excluding hydrogens is 290 g/mol. The molecule has 2 aromatic rings. The summed E-state index contributed by atoms with van der Waals surface area (Å²) in [6.45, 7) is 1.73. The Hall–Kier alpha value is -2.12. The van der Waals surface area contributed by atoms with Crippen molar-refractivity contribution in [3.63, 3.8) is 0 Å². The molecule has 1 aromatic carbocycles. The summed E-state index contributed by atoms with van der Waals surface area (Å²) in [5.74, 6) is 0.323. The Kier molecular flexibility index (Phi) is 4.44. The minimum absolute atomic E-state index is 0.0938. The highest BCUT2D eigenvalue weighted by Crippen LogP contribution is 2.25. The van der Waals surface area contributed by atoms with E-state index in [2.05, 4.69) is 9.71 Å². The number of benzene rings is 1. The average Bonchev–Trinajstić information content (AvgIpc) is 2.48. The number of ether oxygens (including phenoxy) is 1. The van der Waals surface area contributed by atoms with Crippen molar-refractivity contribution in [1.29, 1.82) is 0 Å². The predicted octanol–water partition coefficient (Wildman–Crippen LogP) is 1.71. The number of nitrogens with two attached hydrogens (primary N) is 1. The molecule has 0 bridgehead atoms. The largest absolute Gasteiger partial charge is 0.495 e. The number of hydrogen-bond acceptors (Lipinski definition) is 5. The van der Waals surface area contributed by atoms with Crippen LogP contribution in [0.1, 0.15) is 18.7 Å². The summed E-state index contributed by atoms with van der Waals surface area (Å²) in [4.78, 5) is 4.23. The van der Waals surface area contributed by atoms with Crippen molar-refractivity contribution in [3.05, 3.63) is 48.3 Å². The fraction of sp³-hybridized carbons (Fsp3) is 0.214. The number of methoxy groups -OCH3 is 1. The first-order valence-corrected chi connectivity index (χ1v) is 7.79. The van der Waals surface area contributed by atoms with Crippen LogP contribution in [0, 0.1) is 0 Å². The molecule has 0 saturated carbocycles. The van der Waals surface area contributed by atoms with E-state index in [0.717, 1.165) is 0 Å². The van der Waals surface area contributed by atoms with Gasteiger partial charge in [-0.1, -0.05) is 6.07 Å². The van der Waals surface area contributed by atoms with Crippen LogP contribution in [0.3, 0.4) is 0 Å². The molecule has 0 amide bonds. The summed E-state index contributed by atoms with van der Waals surface area (Å²) in [6.07, 6.45) is 1.62. The maximum atomic E-state index is 12.4. The molecular formula is C14H17N3O3S. The van der Waals surface area contributed by atoms with Gasteiger partial charge in [0.1, 0.15) is 5.75 Å². The molecule has 21 heavy (non-hydrogen) atoms. The molecule has 1 aromatic heterocycles. The van der Waals surface area contributed by atoms with Gasteiger partial charge in [0.25, 0.3) is 0 Å². The Bertz CT molecular complexity index is 717. The van der Waals surface area contributed by atoms with Gasteiger partial charge in [0.2, 0.25) is 10.0 Å². The summed E-state index contributed by atoms with van der Waals surface area (Å²) in [5, 5.41) is 0. The number of nitrogen functional groups attached to an aromatic ring is 1. The zero-order valence-electron chi connectivity index (χ0n) is 11.8. The first-order valence-electron chi connectivity index (χ1n) is 6.31. The minimum atomic E-state index is -3.68. The van der Waals surface area contributed by atoms with E-state index in [1.165, 1.54) is 25.3 Å². The number of hydrogen-bond donors (Lipinski definition) is 2. The molecule has 6 nitrogen and oxygen atoms in total. The normalized spacial score (nSPS) is 12.9. The zero-order valence-corrected chi connectivity index (χ0v) is 12.6. The van der Waals surface area contributed by atoms with E-state index in [0.29, 0.717) is 17.1 Å². The Labute approximate surface area is 124 Å². The molecule has 1 atom stereocenters. The van der Waals surface area contributed by atoms with Gasteiger partial charge in [0.05, 0.1) is 29.4 Å². The van der Waals surface area contributed by atoms with Crippen molar-refractivity contribution in [2.24, 2.45) is 0 Å². The number of anilines is 1. The number of aromatic nitrogens is 1. The average molecular weight is 307 g/mol. The topological polar surface area (TPSA) is 94.3 Å². The van der Waals surface area contributed by atoms with E-state index >= 15 is 0 Å². The van der Waals surface area contributed by atoms with Crippen LogP contribution in [0.2, 0.25) is 0 Å². The predicted molar refractivity (Wildman–Crippen MR) is 80.4 cm³/mol. The molecule has 0 fully saturated rings. The third-order valence-electron chi connectivity index (χ3n) is 2.98. The van der Waals surface area contributed by atoms with E-state index in [4.69, 9.17) is 10.5 Å². The van der Waals surface area contributed by atoms with Gasteiger partial charge in [0, 0.05) is 12.3 Å². The summed E-state index contributed by atoms with van der Waals surface area (Å²) in [5.41, 5.74) is 6.71. The van der Waals surface area contributed by atoms with Crippen LogP contribution in [0.15, 0.2) is 47.5 Å². The highest BCUT2D eigenvalue weighted by Gasteiger charge is 2.20. The molecule has 7 heteroatoms. The second kappa shape index (κ2) is 6.11. The van der Waals surface area contributed by atoms with Crippen molar-refractivity contribution in [3.8, 4) is 5.75 Å². The Morgan fingerprint density at radius 2 is 2.05 bits per heavy atom. The standard InChI is InChI=1S/C14H17N3O3S/c1-10(13-5-3-4-8-16-13)17-21(18,19)11-6-7-12(15)14(9-11)20-2/h3-10,17H,15H2,1-2H3. The lowest BCUT2D eigenvalue weighted by Crippen LogP contribution is -2.27. The van der Waals surface area contributed by atoms with E-state index in [9.17, 15) is 8.42 Å². The van der Waals surface area contributed by atoms with Gasteiger partial charge >= 0.3 is 0 Å². The summed E-state index contributed by atoms with van der Waals surface area (Å²) in [7, 11) is -2.25. The molecule has 0 aliphatic heterocycles. The highest BCUT2D eigenvalue weighted by molar-refractivity contribution is 7.89. The molecule has 0 aliphatic rings. The monoisotopic (exact) mass is 307 g/mol. The van der Waals surface area contributed by atoms with Gasteiger partial charge in [-0.05, 0) is 31.2 Å². The molecule has 0 aliphatic carbocycles. The first-order chi connectivity index (χ1) is 9.94. The molecule has 112 valence electrons. The minimum Gasteiger partial charge on any atom is -0.495 e. The fourth-order valence-electron chi connectivity index (χ4n) is 1.85. The maximum absolute atomic E-state index is 12.4. The van der Waals surface area contributed by atoms with Crippen molar-refractivity contribution in [2.45, 2.75) is 17.9 Å². The molecule has 0 radical (unpaired) electrons. The molecule has 2 rings (SSSR count). The third-order valence-corrected chi connectivity index (χ3v) is 4.52. The van der Waals surface area contributed by atoms with Gasteiger partial charge in [-0.25, -0.2) is 13.1 Å². The van der Waals surface area contributed by atoms with Crippen LogP contribution in [-0.2, 0) is 10.0 Å². The van der Waals surface area contributed by atoms with Crippen molar-refractivity contribution >= 4 is 15.7 Å². The van der Waals surface area contributed by atoms with Gasteiger partial charge in [-0.3, -0.25) is 4.98 Å². The molecule has 1 heterocycles. The van der Waals surface area contributed by atoms with Gasteiger partial charge in [-0.2, -0.15) is 0 Å². The molecule has 0 spiro atoms. The van der Waals surface area contributed by atoms with Crippen LogP contribution in [0.25, 0.3) is 0 Å². The van der Waals surface area contributed by atoms with E-state index in [-0.39, 0.29) is 4.90 Å². The second-order valence-electron chi connectivity index (χ2n) is 4.50. The smallest absolute Gasteiger partial charge is 0.241 e. The van der Waals surface area contributed by atoms with Crippen molar-refractivity contribution in [2.75, 3.05) is 12.8 Å². The lowest BCUT2D eigenvalue weighted by atomic mass is 10.2. The van der Waals surface area contributed by atoms with Crippen LogP contribution >= 0.6 is 0 Å². The van der Waals surface area contributed by atoms with E-state index in [1.807, 2.05) is 0 Å². The Balaban J connectivity index is 2.26. The van der Waals surface area contributed by atoms with E-state index < -0.39 is 16.1 Å². The molecule has 3 N–H and O–H groups in total. The highest BCUT2D eigenvalue weighted by atomic mass is 32.2. The van der Waals surface area contributed by atoms with Crippen molar-refractivity contribution < 1.29 is 13.2 Å². The van der Waals surface area contributed by atoms with Gasteiger partial charge < -0.3 is 10.5 Å². The molecule has 0 saturated heterocycles. The number of rotatable bonds is 5. The first kappa shape index (κ1) is 15.3. The van der Waals surface area contributed by atoms with Gasteiger partial charge in [0.15, 0.2) is 0 Å². The van der Waals surface area contributed by atoms with Crippen LogP contribution < -0.4 is 15.2 Å². The number of sulfonamides is 1.